The average Bonchev–Trinajstić information content (AvgIpc) is 3.95. The molecule has 308 valence electrons. The molecule has 3 heterocycles. The van der Waals surface area contributed by atoms with Gasteiger partial charge in [0.1, 0.15) is 11.3 Å². The molecule has 0 atom stereocenters. The van der Waals surface area contributed by atoms with E-state index in [0.717, 1.165) is 67.1 Å². The maximum absolute atomic E-state index is 12.5. The van der Waals surface area contributed by atoms with Gasteiger partial charge in [-0.15, -0.1) is 6.07 Å². The standard InChI is InChI=1S/C54H52N5O.Pt/c1-52(2,3)37-27-28-47(43(31-37)36-19-12-10-13-20-36)59-48-42-25-16-17-26-46(42)58(41-24-18-23-40(34-41)57-30-29-56(35-57)39-21-14-11-15-22-39)51(48)55-50(59)44-32-38(53(4,5)6)33-45(49(44)60)54(7,8)9;/h10-33,60H,1-9H3;/q-1;+2. The van der Waals surface area contributed by atoms with Gasteiger partial charge in [-0.1, -0.05) is 147 Å². The molecule has 0 spiro atoms. The van der Waals surface area contributed by atoms with Gasteiger partial charge in [0.15, 0.2) is 11.5 Å². The third-order valence-corrected chi connectivity index (χ3v) is 11.6. The van der Waals surface area contributed by atoms with Gasteiger partial charge in [0, 0.05) is 28.9 Å². The van der Waals surface area contributed by atoms with Crippen LogP contribution in [-0.4, -0.2) is 23.8 Å². The maximum atomic E-state index is 12.5. The Morgan fingerprint density at radius 2 is 1.25 bits per heavy atom. The van der Waals surface area contributed by atoms with Crippen molar-refractivity contribution in [3.8, 4) is 51.0 Å². The number of phenols is 1. The van der Waals surface area contributed by atoms with Crippen molar-refractivity contribution in [2.75, 3.05) is 0 Å². The Labute approximate surface area is 374 Å². The van der Waals surface area contributed by atoms with Gasteiger partial charge in [0.05, 0.1) is 22.5 Å². The van der Waals surface area contributed by atoms with Crippen LogP contribution in [-0.2, 0) is 37.3 Å². The van der Waals surface area contributed by atoms with E-state index in [-0.39, 0.29) is 43.1 Å². The van der Waals surface area contributed by atoms with Crippen LogP contribution in [0.15, 0.2) is 146 Å². The summed E-state index contributed by atoms with van der Waals surface area (Å²) in [5.74, 6) is 0.921. The fourth-order valence-corrected chi connectivity index (χ4v) is 8.20. The second-order valence-corrected chi connectivity index (χ2v) is 19.0. The van der Waals surface area contributed by atoms with Gasteiger partial charge in [-0.3, -0.25) is 9.13 Å². The number of phenolic OH excluding ortho intramolecular Hbond substituents is 1. The second-order valence-electron chi connectivity index (χ2n) is 19.0. The largest absolute Gasteiger partial charge is 2.00 e. The van der Waals surface area contributed by atoms with E-state index in [4.69, 9.17) is 4.98 Å². The Morgan fingerprint density at radius 3 is 1.93 bits per heavy atom. The molecule has 0 fully saturated rings. The number of hydrogen-bond donors (Lipinski definition) is 1. The van der Waals surface area contributed by atoms with Crippen molar-refractivity contribution in [1.82, 2.24) is 18.7 Å². The van der Waals surface area contributed by atoms with Crippen molar-refractivity contribution in [3.63, 3.8) is 0 Å². The Bertz CT molecular complexity index is 3040. The molecule has 7 heteroatoms. The maximum Gasteiger partial charge on any atom is 2.00 e. The van der Waals surface area contributed by atoms with E-state index in [1.807, 2.05) is 39.7 Å². The van der Waals surface area contributed by atoms with Crippen LogP contribution >= 0.6 is 0 Å². The first-order valence-corrected chi connectivity index (χ1v) is 20.8. The second kappa shape index (κ2) is 15.5. The molecule has 0 aliphatic heterocycles. The van der Waals surface area contributed by atoms with Gasteiger partial charge < -0.3 is 14.2 Å². The zero-order valence-electron chi connectivity index (χ0n) is 36.4. The molecule has 0 bridgehead atoms. The van der Waals surface area contributed by atoms with Crippen LogP contribution in [0.25, 0.3) is 67.3 Å². The number of benzene rings is 6. The fourth-order valence-electron chi connectivity index (χ4n) is 8.20. The zero-order valence-corrected chi connectivity index (χ0v) is 38.6. The van der Waals surface area contributed by atoms with Crippen molar-refractivity contribution in [2.24, 2.45) is 0 Å². The van der Waals surface area contributed by atoms with Crippen LogP contribution in [0, 0.1) is 12.4 Å². The number of rotatable bonds is 6. The molecule has 0 aliphatic carbocycles. The minimum atomic E-state index is -0.327. The van der Waals surface area contributed by atoms with Crippen LogP contribution < -0.4 is 4.57 Å². The SMILES string of the molecule is CC(C)(C)c1ccc(-n2c(-c3cc(C(C)(C)C)cc(C(C)(C)C)c3O)nc3c2c2ccccc2n3-c2[c-]c(-n3[c-][n+](-c4ccccc4)cc3)ccc2)c(-c2ccccc2)c1.[Pt+2]. The molecule has 6 nitrogen and oxygen atoms in total. The Morgan fingerprint density at radius 1 is 0.607 bits per heavy atom. The number of fused-ring (bicyclic) bond motifs is 3. The summed E-state index contributed by atoms with van der Waals surface area (Å²) in [6.07, 6.45) is 7.48. The molecule has 61 heavy (non-hydrogen) atoms. The average molecular weight is 982 g/mol. The molecule has 0 aliphatic rings. The van der Waals surface area contributed by atoms with Crippen molar-refractivity contribution in [3.05, 3.63) is 175 Å². The minimum Gasteiger partial charge on any atom is -0.507 e. The fraction of sp³-hybridized carbons (Fsp3) is 0.222. The predicted octanol–water partition coefficient (Wildman–Crippen LogP) is 12.6. The molecule has 9 rings (SSSR count). The quantitative estimate of drug-likeness (QED) is 0.133. The van der Waals surface area contributed by atoms with E-state index >= 15 is 0 Å². The summed E-state index contributed by atoms with van der Waals surface area (Å²) in [5, 5.41) is 13.6. The van der Waals surface area contributed by atoms with Gasteiger partial charge in [-0.05, 0) is 75.0 Å². The first-order valence-electron chi connectivity index (χ1n) is 20.8. The number of aromatic hydroxyl groups is 1. The Balaban J connectivity index is 0.00000514. The topological polar surface area (TPSA) is 51.8 Å². The third-order valence-electron chi connectivity index (χ3n) is 11.6. The molecule has 0 radical (unpaired) electrons. The van der Waals surface area contributed by atoms with Gasteiger partial charge in [0.2, 0.25) is 0 Å². The number of nitrogens with zero attached hydrogens (tertiary/aromatic N) is 5. The molecular weight excluding hydrogens is 930 g/mol. The molecule has 1 N–H and O–H groups in total. The summed E-state index contributed by atoms with van der Waals surface area (Å²) in [6, 6.07) is 50.4. The van der Waals surface area contributed by atoms with Crippen LogP contribution in [0.5, 0.6) is 5.75 Å². The van der Waals surface area contributed by atoms with Crippen LogP contribution in [0.3, 0.4) is 0 Å². The molecule has 9 aromatic rings. The van der Waals surface area contributed by atoms with Crippen molar-refractivity contribution < 1.29 is 30.7 Å². The minimum absolute atomic E-state index is 0. The van der Waals surface area contributed by atoms with E-state index in [0.29, 0.717) is 11.4 Å². The Kier molecular flexibility index (Phi) is 10.6. The van der Waals surface area contributed by atoms with E-state index in [1.54, 1.807) is 0 Å². The molecule has 0 saturated carbocycles. The predicted molar refractivity (Wildman–Crippen MR) is 245 cm³/mol. The number of hydrogen-bond acceptors (Lipinski definition) is 2. The summed E-state index contributed by atoms with van der Waals surface area (Å²) >= 11 is 0. The first-order chi connectivity index (χ1) is 28.6. The normalized spacial score (nSPS) is 12.3. The van der Waals surface area contributed by atoms with Crippen molar-refractivity contribution in [2.45, 2.75) is 78.6 Å². The third kappa shape index (κ3) is 7.57. The monoisotopic (exact) mass is 981 g/mol. The Hall–Kier alpha value is -5.97. The zero-order chi connectivity index (χ0) is 42.1. The van der Waals surface area contributed by atoms with Crippen LogP contribution in [0.2, 0.25) is 0 Å². The summed E-state index contributed by atoms with van der Waals surface area (Å²) in [4.78, 5) is 5.66. The number of imidazole rings is 2. The molecule has 0 saturated heterocycles. The molecule has 3 aromatic heterocycles. The van der Waals surface area contributed by atoms with Gasteiger partial charge >= 0.3 is 21.1 Å². The van der Waals surface area contributed by atoms with E-state index < -0.39 is 0 Å². The van der Waals surface area contributed by atoms with Crippen LogP contribution in [0.4, 0.5) is 0 Å². The van der Waals surface area contributed by atoms with Crippen molar-refractivity contribution in [1.29, 1.82) is 0 Å². The summed E-state index contributed by atoms with van der Waals surface area (Å²) in [5.41, 5.74) is 12.0. The van der Waals surface area contributed by atoms with Gasteiger partial charge in [0.25, 0.3) is 6.33 Å². The van der Waals surface area contributed by atoms with Crippen LogP contribution in [0.1, 0.15) is 79.0 Å². The number of para-hydroxylation sites is 2. The van der Waals surface area contributed by atoms with Crippen molar-refractivity contribution >= 4 is 22.1 Å². The summed E-state index contributed by atoms with van der Waals surface area (Å²) < 4.78 is 8.46. The molecule has 0 amide bonds. The first kappa shape index (κ1) is 41.7. The summed E-state index contributed by atoms with van der Waals surface area (Å²) in [7, 11) is 0. The van der Waals surface area contributed by atoms with E-state index in [2.05, 4.69) is 199 Å². The smallest absolute Gasteiger partial charge is 0.507 e. The van der Waals surface area contributed by atoms with Gasteiger partial charge in [-0.25, -0.2) is 4.98 Å². The van der Waals surface area contributed by atoms with E-state index in [9.17, 15) is 5.11 Å². The molecule has 6 aromatic carbocycles. The van der Waals surface area contributed by atoms with Gasteiger partial charge in [-0.2, -0.15) is 18.2 Å². The summed E-state index contributed by atoms with van der Waals surface area (Å²) in [6.45, 7) is 19.9. The molecule has 0 unspecified atom stereocenters. The van der Waals surface area contributed by atoms with E-state index in [1.165, 1.54) is 5.56 Å². The molecular formula is C54H52N5OPt+. The number of aromatic nitrogens is 5.